The zero-order valence-electron chi connectivity index (χ0n) is 23.4. The highest BCUT2D eigenvalue weighted by molar-refractivity contribution is 6.07. The fourth-order valence-corrected chi connectivity index (χ4v) is 5.15. The molecule has 0 aliphatic heterocycles. The molecular formula is C31H24F4N6O3. The molecule has 0 spiro atoms. The van der Waals surface area contributed by atoms with Crippen LogP contribution in [0.4, 0.5) is 17.6 Å². The van der Waals surface area contributed by atoms with Crippen LogP contribution in [0.25, 0.3) is 27.9 Å². The average Bonchev–Trinajstić information content (AvgIpc) is 3.68. The molecule has 1 saturated carbocycles. The van der Waals surface area contributed by atoms with Gasteiger partial charge in [-0.05, 0) is 68.3 Å². The van der Waals surface area contributed by atoms with E-state index in [4.69, 9.17) is 0 Å². The molecule has 224 valence electrons. The predicted molar refractivity (Wildman–Crippen MR) is 151 cm³/mol. The van der Waals surface area contributed by atoms with Gasteiger partial charge in [0.25, 0.3) is 11.8 Å². The lowest BCUT2D eigenvalue weighted by molar-refractivity contribution is -0.0532. The Morgan fingerprint density at radius 2 is 1.77 bits per heavy atom. The van der Waals surface area contributed by atoms with Gasteiger partial charge in [0, 0.05) is 41.8 Å². The Morgan fingerprint density at radius 1 is 1.02 bits per heavy atom. The zero-order valence-corrected chi connectivity index (χ0v) is 23.4. The smallest absolute Gasteiger partial charge is 0.388 e. The first kappa shape index (κ1) is 28.8. The maximum absolute atomic E-state index is 16.4. The second-order valence-electron chi connectivity index (χ2n) is 10.2. The Bertz CT molecular complexity index is 1910. The topological polar surface area (TPSA) is 111 Å². The second-order valence-corrected chi connectivity index (χ2v) is 10.2. The molecule has 0 atom stereocenters. The van der Waals surface area contributed by atoms with E-state index >= 15 is 4.39 Å². The fourth-order valence-electron chi connectivity index (χ4n) is 5.15. The van der Waals surface area contributed by atoms with Crippen LogP contribution in [-0.2, 0) is 5.54 Å². The summed E-state index contributed by atoms with van der Waals surface area (Å²) in [4.78, 5) is 35.0. The Kier molecular flexibility index (Phi) is 7.23. The first-order valence-corrected chi connectivity index (χ1v) is 13.5. The van der Waals surface area contributed by atoms with Crippen LogP contribution in [0.1, 0.15) is 44.9 Å². The summed E-state index contributed by atoms with van der Waals surface area (Å²) in [6, 6.07) is 13.1. The van der Waals surface area contributed by atoms with E-state index in [0.29, 0.717) is 24.1 Å². The Hall–Kier alpha value is -5.33. The minimum Gasteiger partial charge on any atom is -0.416 e. The first-order valence-electron chi connectivity index (χ1n) is 13.5. The summed E-state index contributed by atoms with van der Waals surface area (Å²) in [7, 11) is 1.38. The lowest BCUT2D eigenvalue weighted by Crippen LogP contribution is -2.36. The number of alkyl halides is 2. The monoisotopic (exact) mass is 604 g/mol. The molecule has 5 aromatic rings. The average molecular weight is 605 g/mol. The van der Waals surface area contributed by atoms with Gasteiger partial charge in [-0.25, -0.2) is 18.3 Å². The van der Waals surface area contributed by atoms with Gasteiger partial charge in [0.15, 0.2) is 5.82 Å². The van der Waals surface area contributed by atoms with Crippen molar-refractivity contribution in [3.05, 3.63) is 101 Å². The van der Waals surface area contributed by atoms with Gasteiger partial charge in [-0.3, -0.25) is 14.6 Å². The van der Waals surface area contributed by atoms with Crippen LogP contribution < -0.4 is 15.4 Å². The Balaban J connectivity index is 1.48. The molecule has 1 aliphatic carbocycles. The molecule has 0 radical (unpaired) electrons. The van der Waals surface area contributed by atoms with E-state index in [1.165, 1.54) is 61.1 Å². The van der Waals surface area contributed by atoms with Crippen molar-refractivity contribution in [2.24, 2.45) is 0 Å². The fraction of sp³-hybridized carbons (Fsp3) is 0.194. The summed E-state index contributed by atoms with van der Waals surface area (Å²) < 4.78 is 62.5. The molecule has 4 heterocycles. The Morgan fingerprint density at radius 3 is 2.41 bits per heavy atom. The van der Waals surface area contributed by atoms with Crippen molar-refractivity contribution >= 4 is 17.3 Å². The number of carbonyl (C=O) groups is 2. The Labute approximate surface area is 247 Å². The molecule has 0 saturated heterocycles. The third-order valence-corrected chi connectivity index (χ3v) is 7.48. The van der Waals surface area contributed by atoms with Gasteiger partial charge in [0.2, 0.25) is 5.88 Å². The van der Waals surface area contributed by atoms with Crippen LogP contribution in [-0.4, -0.2) is 45.1 Å². The SMILES string of the molecule is CNC(=O)c1c(-c2ccc(F)cc2)nn2ccc(-c3cc(C(=O)NC4(c5ccccn5)CC4)c(OC(F)F)nc3C)c(F)c12. The number of carbonyl (C=O) groups excluding carboxylic acids is 2. The van der Waals surface area contributed by atoms with Gasteiger partial charge in [-0.2, -0.15) is 13.9 Å². The molecule has 0 unspecified atom stereocenters. The molecule has 2 N–H and O–H groups in total. The van der Waals surface area contributed by atoms with E-state index in [0.717, 1.165) is 0 Å². The molecule has 9 nitrogen and oxygen atoms in total. The van der Waals surface area contributed by atoms with E-state index < -0.39 is 41.5 Å². The number of benzene rings is 1. The third-order valence-electron chi connectivity index (χ3n) is 7.48. The minimum absolute atomic E-state index is 0.0679. The molecule has 13 heteroatoms. The van der Waals surface area contributed by atoms with Crippen LogP contribution in [0.5, 0.6) is 5.88 Å². The number of nitrogens with zero attached hydrogens (tertiary/aromatic N) is 4. The van der Waals surface area contributed by atoms with Gasteiger partial charge in [-0.15, -0.1) is 0 Å². The number of nitrogens with one attached hydrogen (secondary N) is 2. The van der Waals surface area contributed by atoms with Crippen molar-refractivity contribution in [3.63, 3.8) is 0 Å². The lowest BCUT2D eigenvalue weighted by Gasteiger charge is -2.19. The maximum Gasteiger partial charge on any atom is 0.388 e. The molecule has 6 rings (SSSR count). The van der Waals surface area contributed by atoms with Crippen LogP contribution in [0.15, 0.2) is 67.0 Å². The van der Waals surface area contributed by atoms with Crippen molar-refractivity contribution < 1.29 is 31.9 Å². The second kappa shape index (κ2) is 11.1. The molecule has 1 aliphatic rings. The minimum atomic E-state index is -3.27. The number of pyridine rings is 3. The highest BCUT2D eigenvalue weighted by Crippen LogP contribution is 2.45. The predicted octanol–water partition coefficient (Wildman–Crippen LogP) is 5.43. The van der Waals surface area contributed by atoms with Gasteiger partial charge in [0.05, 0.1) is 16.8 Å². The number of fused-ring (bicyclic) bond motifs is 1. The maximum atomic E-state index is 16.4. The molecular weight excluding hydrogens is 580 g/mol. The van der Waals surface area contributed by atoms with E-state index in [1.807, 2.05) is 0 Å². The number of aromatic nitrogens is 4. The quantitative estimate of drug-likeness (QED) is 0.229. The summed E-state index contributed by atoms with van der Waals surface area (Å²) in [5.41, 5.74) is -0.189. The van der Waals surface area contributed by atoms with E-state index in [-0.39, 0.29) is 39.2 Å². The summed E-state index contributed by atoms with van der Waals surface area (Å²) in [5, 5.41) is 9.71. The van der Waals surface area contributed by atoms with Crippen molar-refractivity contribution in [2.45, 2.75) is 31.9 Å². The third kappa shape index (κ3) is 5.10. The molecule has 1 fully saturated rings. The lowest BCUT2D eigenvalue weighted by atomic mass is 9.99. The highest BCUT2D eigenvalue weighted by atomic mass is 19.3. The standard InChI is InChI=1S/C31H24F4N6O3/c1-16-20(15-21(29(38-16)44-30(34)35)27(42)39-31(11-12-31)22-5-3-4-13-37-22)19-10-14-41-26(24(19)33)23(28(43)36-2)25(40-41)17-6-8-18(32)9-7-17/h3-10,13-15,30H,11-12H2,1-2H3,(H,36,43)(H,39,42). The number of aryl methyl sites for hydroxylation is 1. The van der Waals surface area contributed by atoms with E-state index in [2.05, 4.69) is 30.4 Å². The van der Waals surface area contributed by atoms with Crippen molar-refractivity contribution in [2.75, 3.05) is 7.05 Å². The van der Waals surface area contributed by atoms with E-state index in [1.54, 1.807) is 24.4 Å². The molecule has 0 bridgehead atoms. The number of ether oxygens (including phenoxy) is 1. The number of halogens is 4. The summed E-state index contributed by atoms with van der Waals surface area (Å²) >= 11 is 0. The van der Waals surface area contributed by atoms with Crippen LogP contribution in [0.2, 0.25) is 0 Å². The highest BCUT2D eigenvalue weighted by Gasteiger charge is 2.47. The summed E-state index contributed by atoms with van der Waals surface area (Å²) in [6.45, 7) is -1.82. The van der Waals surface area contributed by atoms with Crippen molar-refractivity contribution in [1.82, 2.24) is 30.2 Å². The molecule has 2 amide bonds. The van der Waals surface area contributed by atoms with Crippen LogP contribution in [0.3, 0.4) is 0 Å². The van der Waals surface area contributed by atoms with Crippen molar-refractivity contribution in [3.8, 4) is 28.3 Å². The molecule has 44 heavy (non-hydrogen) atoms. The summed E-state index contributed by atoms with van der Waals surface area (Å²) in [5.74, 6) is -3.39. The number of hydrogen-bond donors (Lipinski definition) is 2. The normalized spacial score (nSPS) is 13.6. The molecule has 4 aromatic heterocycles. The summed E-state index contributed by atoms with van der Waals surface area (Å²) in [6.07, 6.45) is 4.16. The number of amides is 2. The zero-order chi connectivity index (χ0) is 31.2. The number of hydrogen-bond acceptors (Lipinski definition) is 6. The first-order chi connectivity index (χ1) is 21.1. The number of rotatable bonds is 8. The van der Waals surface area contributed by atoms with Gasteiger partial charge in [-0.1, -0.05) is 6.07 Å². The largest absolute Gasteiger partial charge is 0.416 e. The van der Waals surface area contributed by atoms with Crippen LogP contribution >= 0.6 is 0 Å². The van der Waals surface area contributed by atoms with Gasteiger partial charge in [0.1, 0.15) is 22.6 Å². The van der Waals surface area contributed by atoms with Gasteiger partial charge >= 0.3 is 6.61 Å². The van der Waals surface area contributed by atoms with E-state index in [9.17, 15) is 22.8 Å². The van der Waals surface area contributed by atoms with Crippen molar-refractivity contribution in [1.29, 1.82) is 0 Å². The van der Waals surface area contributed by atoms with Gasteiger partial charge < -0.3 is 15.4 Å². The van der Waals surface area contributed by atoms with Crippen LogP contribution in [0, 0.1) is 18.6 Å². The molecule has 1 aromatic carbocycles.